The number of benzene rings is 2. The third-order valence-corrected chi connectivity index (χ3v) is 6.64. The number of H-pyrrole nitrogens is 1. The summed E-state index contributed by atoms with van der Waals surface area (Å²) in [5.41, 5.74) is 14.1. The van der Waals surface area contributed by atoms with Crippen molar-refractivity contribution < 1.29 is 28.2 Å². The van der Waals surface area contributed by atoms with Gasteiger partial charge >= 0.3 is 6.09 Å². The number of halogens is 1. The molecule has 3 amide bonds. The number of likely N-dealkylation sites (tertiary alicyclic amines) is 1. The number of hydrogen-bond donors (Lipinski definition) is 4. The molecule has 2 aromatic heterocycles. The van der Waals surface area contributed by atoms with Gasteiger partial charge < -0.3 is 31.2 Å². The number of methoxy groups -OCH3 is 2. The molecule has 0 bridgehead atoms. The number of nitrogens with zero attached hydrogens (tertiary/aromatic N) is 4. The molecule has 0 saturated carbocycles. The lowest BCUT2D eigenvalue weighted by Crippen LogP contribution is -2.51. The topological polar surface area (TPSA) is 183 Å². The zero-order chi connectivity index (χ0) is 27.8. The zero-order valence-corrected chi connectivity index (χ0v) is 21.0. The summed E-state index contributed by atoms with van der Waals surface area (Å²) in [6.45, 7) is 0.709. The molecule has 0 radical (unpaired) electrons. The number of carbonyl (C=O) groups is 3. The number of nitrogens with one attached hydrogen (secondary N) is 2. The highest BCUT2D eigenvalue weighted by molar-refractivity contribution is 6.07. The van der Waals surface area contributed by atoms with Crippen molar-refractivity contribution in [3.63, 3.8) is 0 Å². The van der Waals surface area contributed by atoms with E-state index < -0.39 is 23.7 Å². The first-order chi connectivity index (χ1) is 18.7. The molecule has 6 N–H and O–H groups in total. The largest absolute Gasteiger partial charge is 0.496 e. The highest BCUT2D eigenvalue weighted by atomic mass is 19.1. The van der Waals surface area contributed by atoms with E-state index in [1.54, 1.807) is 18.3 Å². The van der Waals surface area contributed by atoms with Gasteiger partial charge in [0.2, 0.25) is 0 Å². The van der Waals surface area contributed by atoms with Crippen molar-refractivity contribution in [2.24, 2.45) is 5.73 Å². The van der Waals surface area contributed by atoms with Gasteiger partial charge in [0.1, 0.15) is 28.6 Å². The van der Waals surface area contributed by atoms with Gasteiger partial charge in [-0.25, -0.2) is 13.9 Å². The minimum absolute atomic E-state index is 0.0493. The predicted molar refractivity (Wildman–Crippen MR) is 137 cm³/mol. The maximum absolute atomic E-state index is 13.7. The molecule has 202 valence electrons. The van der Waals surface area contributed by atoms with Crippen molar-refractivity contribution in [1.82, 2.24) is 30.2 Å². The highest BCUT2D eigenvalue weighted by Crippen LogP contribution is 2.36. The number of primary amides is 1. The van der Waals surface area contributed by atoms with E-state index in [1.807, 2.05) is 0 Å². The van der Waals surface area contributed by atoms with Crippen molar-refractivity contribution in [2.75, 3.05) is 33.0 Å². The Morgan fingerprint density at radius 1 is 1.21 bits per heavy atom. The Morgan fingerprint density at radius 2 is 1.97 bits per heavy atom. The Labute approximate surface area is 220 Å². The number of nitrogen functional groups attached to an aromatic ring is 1. The summed E-state index contributed by atoms with van der Waals surface area (Å²) < 4.78 is 25.1. The molecule has 5 rings (SSSR count). The highest BCUT2D eigenvalue weighted by Gasteiger charge is 2.36. The molecule has 0 atom stereocenters. The fourth-order valence-electron chi connectivity index (χ4n) is 4.62. The standard InChI is InChI=1S/C25H25FN8O5/c1-38-18-6-4-13(26)7-16(18)24(36)29-8-12-3-5-15(17-9-30-31-20(12)17)21-19(23(28)35)22(27)34(32-21)14-10-33(11-14)25(37)39-2/h3-7,9,14H,8,10-11,27H2,1-2H3,(H2,28,35)(H,29,36)(H,30,31). The van der Waals surface area contributed by atoms with Gasteiger partial charge in [0.25, 0.3) is 11.8 Å². The van der Waals surface area contributed by atoms with Gasteiger partial charge in [0.05, 0.1) is 37.5 Å². The first-order valence-electron chi connectivity index (χ1n) is 11.8. The minimum Gasteiger partial charge on any atom is -0.496 e. The third-order valence-electron chi connectivity index (χ3n) is 6.64. The second-order valence-corrected chi connectivity index (χ2v) is 8.90. The number of carbonyl (C=O) groups excluding carboxylic acids is 3. The summed E-state index contributed by atoms with van der Waals surface area (Å²) in [5.74, 6) is -1.51. The Hall–Kier alpha value is -5.14. The maximum atomic E-state index is 13.7. The van der Waals surface area contributed by atoms with E-state index >= 15 is 0 Å². The van der Waals surface area contributed by atoms with Crippen molar-refractivity contribution in [1.29, 1.82) is 0 Å². The maximum Gasteiger partial charge on any atom is 0.409 e. The number of anilines is 1. The third kappa shape index (κ3) is 4.45. The van der Waals surface area contributed by atoms with E-state index in [0.29, 0.717) is 35.1 Å². The van der Waals surface area contributed by atoms with Crippen LogP contribution in [0.25, 0.3) is 22.2 Å². The number of ether oxygens (including phenoxy) is 2. The molecule has 0 unspecified atom stereocenters. The molecule has 1 aliphatic rings. The van der Waals surface area contributed by atoms with Crippen LogP contribution in [0.3, 0.4) is 0 Å². The number of amides is 3. The number of fused-ring (bicyclic) bond motifs is 1. The lowest BCUT2D eigenvalue weighted by atomic mass is 10.0. The van der Waals surface area contributed by atoms with Gasteiger partial charge in [0.15, 0.2) is 0 Å². The van der Waals surface area contributed by atoms with Gasteiger partial charge in [-0.2, -0.15) is 10.2 Å². The van der Waals surface area contributed by atoms with E-state index in [4.69, 9.17) is 20.9 Å². The first-order valence-corrected chi connectivity index (χ1v) is 11.8. The molecule has 39 heavy (non-hydrogen) atoms. The van der Waals surface area contributed by atoms with Gasteiger partial charge in [-0.1, -0.05) is 12.1 Å². The van der Waals surface area contributed by atoms with Gasteiger partial charge in [-0.05, 0) is 23.8 Å². The zero-order valence-electron chi connectivity index (χ0n) is 21.0. The average Bonchev–Trinajstić information content (AvgIpc) is 3.51. The lowest BCUT2D eigenvalue weighted by Gasteiger charge is -2.38. The number of aromatic amines is 1. The second kappa shape index (κ2) is 9.96. The van der Waals surface area contributed by atoms with Crippen molar-refractivity contribution in [3.05, 3.63) is 59.0 Å². The summed E-state index contributed by atoms with van der Waals surface area (Å²) >= 11 is 0. The smallest absolute Gasteiger partial charge is 0.409 e. The van der Waals surface area contributed by atoms with Gasteiger partial charge in [0, 0.05) is 30.6 Å². The normalized spacial score (nSPS) is 13.3. The monoisotopic (exact) mass is 536 g/mol. The molecule has 13 nitrogen and oxygen atoms in total. The molecule has 1 aliphatic heterocycles. The first kappa shape index (κ1) is 25.5. The van der Waals surface area contributed by atoms with Gasteiger partial charge in [-0.15, -0.1) is 0 Å². The summed E-state index contributed by atoms with van der Waals surface area (Å²) in [7, 11) is 2.69. The Bertz CT molecular complexity index is 1610. The van der Waals surface area contributed by atoms with E-state index in [0.717, 1.165) is 6.07 Å². The van der Waals surface area contributed by atoms with E-state index in [9.17, 15) is 18.8 Å². The van der Waals surface area contributed by atoms with Crippen LogP contribution in [-0.2, 0) is 11.3 Å². The SMILES string of the molecule is COC(=O)N1CC(n2nc(-c3ccc(CNC(=O)c4cc(F)ccc4OC)c4[nH]ncc34)c(C(N)=O)c2N)C1. The van der Waals surface area contributed by atoms with Crippen LogP contribution in [0.1, 0.15) is 32.3 Å². The predicted octanol–water partition coefficient (Wildman–Crippen LogP) is 1.81. The molecule has 14 heteroatoms. The number of aromatic nitrogens is 4. The van der Waals surface area contributed by atoms with Crippen molar-refractivity contribution in [2.45, 2.75) is 12.6 Å². The Balaban J connectivity index is 1.45. The number of rotatable bonds is 7. The van der Waals surface area contributed by atoms with Crippen LogP contribution in [0.4, 0.5) is 15.0 Å². The molecular formula is C25H25FN8O5. The fourth-order valence-corrected chi connectivity index (χ4v) is 4.62. The summed E-state index contributed by atoms with van der Waals surface area (Å²) in [5, 5.41) is 15.0. The molecular weight excluding hydrogens is 511 g/mol. The van der Waals surface area contributed by atoms with Crippen LogP contribution in [-0.4, -0.2) is 70.1 Å². The summed E-state index contributed by atoms with van der Waals surface area (Å²) in [6.07, 6.45) is 1.10. The van der Waals surface area contributed by atoms with E-state index in [2.05, 4.69) is 20.6 Å². The summed E-state index contributed by atoms with van der Waals surface area (Å²) in [6, 6.07) is 6.89. The second-order valence-electron chi connectivity index (χ2n) is 8.90. The quantitative estimate of drug-likeness (QED) is 0.276. The van der Waals surface area contributed by atoms with Crippen LogP contribution in [0, 0.1) is 5.82 Å². The Morgan fingerprint density at radius 3 is 2.67 bits per heavy atom. The number of nitrogens with two attached hydrogens (primary N) is 2. The van der Waals surface area contributed by atoms with E-state index in [1.165, 1.54) is 35.9 Å². The van der Waals surface area contributed by atoms with Crippen LogP contribution in [0.2, 0.25) is 0 Å². The minimum atomic E-state index is -0.755. The van der Waals surface area contributed by atoms with E-state index in [-0.39, 0.29) is 41.0 Å². The molecule has 1 saturated heterocycles. The molecule has 0 aliphatic carbocycles. The average molecular weight is 537 g/mol. The van der Waals surface area contributed by atoms with Crippen LogP contribution in [0.5, 0.6) is 5.75 Å². The number of hydrogen-bond acceptors (Lipinski definition) is 8. The summed E-state index contributed by atoms with van der Waals surface area (Å²) in [4.78, 5) is 38.4. The van der Waals surface area contributed by atoms with Crippen molar-refractivity contribution in [3.8, 4) is 17.0 Å². The van der Waals surface area contributed by atoms with Crippen molar-refractivity contribution >= 4 is 34.6 Å². The molecule has 2 aromatic carbocycles. The lowest BCUT2D eigenvalue weighted by molar-refractivity contribution is 0.0681. The fraction of sp³-hybridized carbons (Fsp3) is 0.240. The molecule has 1 fully saturated rings. The molecule has 4 aromatic rings. The molecule has 3 heterocycles. The Kier molecular flexibility index (Phi) is 6.52. The van der Waals surface area contributed by atoms with Crippen LogP contribution < -0.4 is 21.5 Å². The van der Waals surface area contributed by atoms with Crippen LogP contribution in [0.15, 0.2) is 36.5 Å². The molecule has 0 spiro atoms. The van der Waals surface area contributed by atoms with Crippen LogP contribution >= 0.6 is 0 Å². The van der Waals surface area contributed by atoms with Gasteiger partial charge in [-0.3, -0.25) is 14.7 Å².